The number of nitrogens with two attached hydrogens (primary N) is 1. The van der Waals surface area contributed by atoms with Crippen LogP contribution in [0.1, 0.15) is 72.9 Å². The van der Waals surface area contributed by atoms with Crippen molar-refractivity contribution in [1.82, 2.24) is 15.6 Å². The number of nitrogens with zero attached hydrogens (tertiary/aromatic N) is 1. The van der Waals surface area contributed by atoms with Crippen LogP contribution in [-0.4, -0.2) is 36.1 Å². The predicted molar refractivity (Wildman–Crippen MR) is 142 cm³/mol. The van der Waals surface area contributed by atoms with Crippen molar-refractivity contribution in [2.75, 3.05) is 6.61 Å². The number of hydrogen-bond acceptors (Lipinski definition) is 7. The lowest BCUT2D eigenvalue weighted by atomic mass is 10.0. The molecule has 1 aromatic heterocycles. The van der Waals surface area contributed by atoms with E-state index >= 15 is 0 Å². The van der Waals surface area contributed by atoms with Crippen LogP contribution in [0.5, 0.6) is 11.5 Å². The molecule has 0 saturated heterocycles. The van der Waals surface area contributed by atoms with Crippen molar-refractivity contribution in [1.29, 1.82) is 0 Å². The Kier molecular flexibility index (Phi) is 8.66. The first-order valence-corrected chi connectivity index (χ1v) is 13.6. The third kappa shape index (κ3) is 7.38. The summed E-state index contributed by atoms with van der Waals surface area (Å²) in [6, 6.07) is 5.03. The fraction of sp³-hybridized carbons (Fsp3) is 0.414. The quantitative estimate of drug-likeness (QED) is 0.234. The summed E-state index contributed by atoms with van der Waals surface area (Å²) in [5, 5.41) is 5.39. The maximum absolute atomic E-state index is 14.7. The van der Waals surface area contributed by atoms with Gasteiger partial charge in [0, 0.05) is 23.2 Å². The summed E-state index contributed by atoms with van der Waals surface area (Å²) in [6.45, 7) is -1.18. The average molecular weight is 591 g/mol. The zero-order valence-electron chi connectivity index (χ0n) is 22.7. The maximum Gasteiger partial charge on any atom is 0.387 e. The van der Waals surface area contributed by atoms with Gasteiger partial charge in [-0.25, -0.2) is 13.8 Å². The molecule has 2 atom stereocenters. The standard InChI is InChI=1S/C29H30F4N4O5/c1-14(34)26-25(27(39)36-21(12-24(38)35-18-6-7-18)19-8-5-17(30)11-20(19)31)37-28(42-26)16-4-9-22(41-29(32)33)23(10-16)40-13-15-2-3-15/h4-5,8-11,14-15,18,21,29H,2-3,6-7,12-13,34H2,1H3,(H,35,38)(H,36,39)/t14-,21+/m0/s1. The van der Waals surface area contributed by atoms with Crippen molar-refractivity contribution in [3.63, 3.8) is 0 Å². The van der Waals surface area contributed by atoms with Crippen LogP contribution in [-0.2, 0) is 4.79 Å². The summed E-state index contributed by atoms with van der Waals surface area (Å²) in [5.41, 5.74) is 6.05. The fourth-order valence-electron chi connectivity index (χ4n) is 4.32. The molecule has 2 aliphatic carbocycles. The van der Waals surface area contributed by atoms with Crippen LogP contribution < -0.4 is 25.8 Å². The van der Waals surface area contributed by atoms with E-state index in [1.807, 2.05) is 0 Å². The Balaban J connectivity index is 1.42. The number of aromatic nitrogens is 1. The molecule has 9 nitrogen and oxygen atoms in total. The van der Waals surface area contributed by atoms with Gasteiger partial charge in [0.25, 0.3) is 5.91 Å². The van der Waals surface area contributed by atoms with Gasteiger partial charge in [0.15, 0.2) is 23.0 Å². The normalized spacial score (nSPS) is 16.2. The highest BCUT2D eigenvalue weighted by Gasteiger charge is 2.30. The Morgan fingerprint density at radius 3 is 2.50 bits per heavy atom. The van der Waals surface area contributed by atoms with Crippen LogP contribution in [0.3, 0.4) is 0 Å². The Morgan fingerprint density at radius 1 is 1.10 bits per heavy atom. The van der Waals surface area contributed by atoms with E-state index in [1.165, 1.54) is 18.2 Å². The molecule has 0 spiro atoms. The van der Waals surface area contributed by atoms with Crippen LogP contribution in [0.2, 0.25) is 0 Å². The minimum Gasteiger partial charge on any atom is -0.489 e. The number of carbonyl (C=O) groups is 2. The van der Waals surface area contributed by atoms with Gasteiger partial charge < -0.3 is 30.3 Å². The summed E-state index contributed by atoms with van der Waals surface area (Å²) >= 11 is 0. The van der Waals surface area contributed by atoms with E-state index in [1.54, 1.807) is 6.92 Å². The predicted octanol–water partition coefficient (Wildman–Crippen LogP) is 5.17. The van der Waals surface area contributed by atoms with Crippen molar-refractivity contribution in [2.45, 2.75) is 63.8 Å². The van der Waals surface area contributed by atoms with Crippen molar-refractivity contribution in [2.24, 2.45) is 11.7 Å². The van der Waals surface area contributed by atoms with E-state index < -0.39 is 42.1 Å². The van der Waals surface area contributed by atoms with Gasteiger partial charge in [0.2, 0.25) is 11.8 Å². The number of carbonyl (C=O) groups excluding carboxylic acids is 2. The highest BCUT2D eigenvalue weighted by atomic mass is 19.3. The molecule has 0 bridgehead atoms. The number of benzene rings is 2. The molecule has 2 aliphatic rings. The first-order chi connectivity index (χ1) is 20.1. The minimum atomic E-state index is -3.06. The Hall–Kier alpha value is -4.13. The molecule has 42 heavy (non-hydrogen) atoms. The van der Waals surface area contributed by atoms with Crippen LogP contribution in [0.25, 0.3) is 11.5 Å². The third-order valence-electron chi connectivity index (χ3n) is 6.84. The lowest BCUT2D eigenvalue weighted by Gasteiger charge is -2.19. The van der Waals surface area contributed by atoms with E-state index in [-0.39, 0.29) is 46.9 Å². The number of rotatable bonds is 13. The zero-order chi connectivity index (χ0) is 30.0. The largest absolute Gasteiger partial charge is 0.489 e. The number of hydrogen-bond donors (Lipinski definition) is 3. The second-order valence-electron chi connectivity index (χ2n) is 10.6. The van der Waals surface area contributed by atoms with E-state index in [0.29, 0.717) is 24.2 Å². The molecule has 2 fully saturated rings. The topological polar surface area (TPSA) is 129 Å². The van der Waals surface area contributed by atoms with Gasteiger partial charge in [-0.1, -0.05) is 6.07 Å². The summed E-state index contributed by atoms with van der Waals surface area (Å²) < 4.78 is 70.3. The van der Waals surface area contributed by atoms with Gasteiger partial charge in [0.05, 0.1) is 25.1 Å². The second kappa shape index (κ2) is 12.4. The lowest BCUT2D eigenvalue weighted by Crippen LogP contribution is -2.35. The van der Waals surface area contributed by atoms with Gasteiger partial charge in [-0.05, 0) is 62.8 Å². The first-order valence-electron chi connectivity index (χ1n) is 13.6. The highest BCUT2D eigenvalue weighted by molar-refractivity contribution is 5.94. The molecule has 2 aromatic carbocycles. The van der Waals surface area contributed by atoms with E-state index in [4.69, 9.17) is 14.9 Å². The van der Waals surface area contributed by atoms with Gasteiger partial charge in [-0.2, -0.15) is 8.78 Å². The zero-order valence-corrected chi connectivity index (χ0v) is 22.7. The van der Waals surface area contributed by atoms with E-state index in [0.717, 1.165) is 37.8 Å². The molecular formula is C29H30F4N4O5. The molecule has 0 aliphatic heterocycles. The molecule has 0 radical (unpaired) electrons. The molecule has 224 valence electrons. The number of ether oxygens (including phenoxy) is 2. The van der Waals surface area contributed by atoms with Gasteiger partial charge in [0.1, 0.15) is 11.6 Å². The lowest BCUT2D eigenvalue weighted by molar-refractivity contribution is -0.121. The van der Waals surface area contributed by atoms with Crippen LogP contribution in [0, 0.1) is 17.6 Å². The van der Waals surface area contributed by atoms with Gasteiger partial charge in [-0.3, -0.25) is 9.59 Å². The minimum absolute atomic E-state index is 0.00313. The number of amides is 2. The SMILES string of the molecule is C[C@H](N)c1oc(-c2ccc(OC(F)F)c(OCC3CC3)c2)nc1C(=O)N[C@H](CC(=O)NC1CC1)c1ccc(F)cc1F. The monoisotopic (exact) mass is 590 g/mol. The third-order valence-corrected chi connectivity index (χ3v) is 6.84. The first kappa shape index (κ1) is 29.4. The van der Waals surface area contributed by atoms with E-state index in [9.17, 15) is 27.2 Å². The molecular weight excluding hydrogens is 560 g/mol. The average Bonchev–Trinajstić information content (AvgIpc) is 3.86. The smallest absolute Gasteiger partial charge is 0.387 e. The molecule has 2 saturated carbocycles. The highest BCUT2D eigenvalue weighted by Crippen LogP contribution is 2.37. The molecule has 0 unspecified atom stereocenters. The fourth-order valence-corrected chi connectivity index (χ4v) is 4.32. The summed E-state index contributed by atoms with van der Waals surface area (Å²) in [7, 11) is 0. The second-order valence-corrected chi connectivity index (χ2v) is 10.6. The van der Waals surface area contributed by atoms with Crippen molar-refractivity contribution in [3.8, 4) is 23.0 Å². The molecule has 3 aromatic rings. The molecule has 13 heteroatoms. The summed E-state index contributed by atoms with van der Waals surface area (Å²) in [5.74, 6) is -2.80. The number of nitrogens with one attached hydrogen (secondary N) is 2. The summed E-state index contributed by atoms with van der Waals surface area (Å²) in [6.07, 6.45) is 3.30. The number of halogens is 4. The Morgan fingerprint density at radius 2 is 1.86 bits per heavy atom. The Bertz CT molecular complexity index is 1460. The number of alkyl halides is 2. The molecule has 5 rings (SSSR count). The van der Waals surface area contributed by atoms with Gasteiger partial charge in [-0.15, -0.1) is 0 Å². The van der Waals surface area contributed by atoms with Crippen molar-refractivity contribution in [3.05, 3.63) is 65.1 Å². The van der Waals surface area contributed by atoms with Crippen LogP contribution in [0.4, 0.5) is 17.6 Å². The van der Waals surface area contributed by atoms with Crippen LogP contribution >= 0.6 is 0 Å². The van der Waals surface area contributed by atoms with Gasteiger partial charge >= 0.3 is 6.61 Å². The summed E-state index contributed by atoms with van der Waals surface area (Å²) in [4.78, 5) is 30.4. The molecule has 2 amide bonds. The van der Waals surface area contributed by atoms with Crippen molar-refractivity contribution >= 4 is 11.8 Å². The van der Waals surface area contributed by atoms with Crippen LogP contribution in [0.15, 0.2) is 40.8 Å². The number of oxazole rings is 1. The molecule has 4 N–H and O–H groups in total. The van der Waals surface area contributed by atoms with E-state index in [2.05, 4.69) is 20.4 Å². The Labute approximate surface area is 238 Å². The maximum atomic E-state index is 14.7. The van der Waals surface area contributed by atoms with Crippen molar-refractivity contribution < 1.29 is 41.0 Å². The molecule has 1 heterocycles.